The molecule has 2 aromatic rings. The number of aliphatic hydroxyl groups is 1. The molecule has 112 valence electrons. The van der Waals surface area contributed by atoms with Crippen LogP contribution in [0.15, 0.2) is 47.1 Å². The number of aliphatic hydroxyl groups excluding tert-OH is 1. The molecule has 0 saturated carbocycles. The molecule has 21 heavy (non-hydrogen) atoms. The smallest absolute Gasteiger partial charge is 0.392 e. The van der Waals surface area contributed by atoms with Crippen LogP contribution in [0.5, 0.6) is 0 Å². The van der Waals surface area contributed by atoms with Gasteiger partial charge in [0.25, 0.3) is 0 Å². The summed E-state index contributed by atoms with van der Waals surface area (Å²) in [6.07, 6.45) is -3.08. The zero-order valence-corrected chi connectivity index (χ0v) is 12.5. The van der Waals surface area contributed by atoms with Crippen molar-refractivity contribution >= 4 is 15.9 Å². The molecule has 0 aliphatic carbocycles. The average molecular weight is 360 g/mol. The van der Waals surface area contributed by atoms with Gasteiger partial charge in [-0.25, -0.2) is 0 Å². The maximum Gasteiger partial charge on any atom is 0.416 e. The van der Waals surface area contributed by atoms with Crippen molar-refractivity contribution in [1.82, 2.24) is 4.98 Å². The van der Waals surface area contributed by atoms with E-state index < -0.39 is 17.8 Å². The summed E-state index contributed by atoms with van der Waals surface area (Å²) in [5.41, 5.74) is 0.445. The molecule has 0 spiro atoms. The quantitative estimate of drug-likeness (QED) is 0.894. The predicted octanol–water partition coefficient (Wildman–Crippen LogP) is 4.01. The predicted molar refractivity (Wildman–Crippen MR) is 76.8 cm³/mol. The van der Waals surface area contributed by atoms with E-state index in [1.165, 1.54) is 6.07 Å². The highest BCUT2D eigenvalue weighted by Gasteiger charge is 2.30. The SMILES string of the molecule is OC(Cc1cccc(C(F)(F)F)c1)Cc1ccc(Br)cn1. The van der Waals surface area contributed by atoms with Gasteiger partial charge in [-0.2, -0.15) is 13.2 Å². The molecule has 0 aliphatic heterocycles. The van der Waals surface area contributed by atoms with Crippen LogP contribution in [0, 0.1) is 0 Å². The van der Waals surface area contributed by atoms with Crippen molar-refractivity contribution in [3.8, 4) is 0 Å². The third-order valence-electron chi connectivity index (χ3n) is 2.96. The Labute approximate surface area is 128 Å². The van der Waals surface area contributed by atoms with Crippen LogP contribution in [0.2, 0.25) is 0 Å². The van der Waals surface area contributed by atoms with Crippen molar-refractivity contribution in [2.75, 3.05) is 0 Å². The molecule has 1 aromatic heterocycles. The molecule has 0 bridgehead atoms. The van der Waals surface area contributed by atoms with Crippen LogP contribution in [0.4, 0.5) is 13.2 Å². The van der Waals surface area contributed by atoms with Crippen LogP contribution in [-0.4, -0.2) is 16.2 Å². The monoisotopic (exact) mass is 359 g/mol. The number of nitrogens with zero attached hydrogens (tertiary/aromatic N) is 1. The van der Waals surface area contributed by atoms with Crippen molar-refractivity contribution in [2.45, 2.75) is 25.1 Å². The highest BCUT2D eigenvalue weighted by molar-refractivity contribution is 9.10. The first-order chi connectivity index (χ1) is 9.84. The van der Waals surface area contributed by atoms with Gasteiger partial charge in [-0.3, -0.25) is 4.98 Å². The Balaban J connectivity index is 2.02. The van der Waals surface area contributed by atoms with Gasteiger partial charge in [-0.05, 0) is 46.1 Å². The number of pyridine rings is 1. The lowest BCUT2D eigenvalue weighted by atomic mass is 10.0. The first-order valence-electron chi connectivity index (χ1n) is 6.29. The fourth-order valence-electron chi connectivity index (χ4n) is 1.99. The second kappa shape index (κ2) is 6.58. The van der Waals surface area contributed by atoms with Gasteiger partial charge in [-0.15, -0.1) is 0 Å². The van der Waals surface area contributed by atoms with Crippen molar-refractivity contribution < 1.29 is 18.3 Å². The van der Waals surface area contributed by atoms with E-state index in [1.54, 1.807) is 24.4 Å². The Bertz CT molecular complexity index is 599. The van der Waals surface area contributed by atoms with E-state index >= 15 is 0 Å². The lowest BCUT2D eigenvalue weighted by Gasteiger charge is -2.12. The Morgan fingerprint density at radius 3 is 2.52 bits per heavy atom. The number of hydrogen-bond donors (Lipinski definition) is 1. The van der Waals surface area contributed by atoms with Crippen LogP contribution < -0.4 is 0 Å². The first-order valence-corrected chi connectivity index (χ1v) is 7.08. The molecule has 1 heterocycles. The van der Waals surface area contributed by atoms with Gasteiger partial charge in [0.1, 0.15) is 0 Å². The lowest BCUT2D eigenvalue weighted by molar-refractivity contribution is -0.137. The fraction of sp³-hybridized carbons (Fsp3) is 0.267. The van der Waals surface area contributed by atoms with Gasteiger partial charge in [-0.1, -0.05) is 18.2 Å². The summed E-state index contributed by atoms with van der Waals surface area (Å²) in [5.74, 6) is 0. The maximum absolute atomic E-state index is 12.6. The van der Waals surface area contributed by atoms with Crippen LogP contribution in [0.25, 0.3) is 0 Å². The van der Waals surface area contributed by atoms with E-state index in [4.69, 9.17) is 0 Å². The van der Waals surface area contributed by atoms with Crippen molar-refractivity contribution in [2.24, 2.45) is 0 Å². The molecule has 0 amide bonds. The maximum atomic E-state index is 12.6. The number of halogens is 4. The van der Waals surface area contributed by atoms with E-state index in [0.29, 0.717) is 17.7 Å². The van der Waals surface area contributed by atoms with Gasteiger partial charge in [0.05, 0.1) is 11.7 Å². The normalized spacial score (nSPS) is 13.2. The number of hydrogen-bond acceptors (Lipinski definition) is 2. The van der Waals surface area contributed by atoms with Crippen LogP contribution in [-0.2, 0) is 19.0 Å². The summed E-state index contributed by atoms with van der Waals surface area (Å²) < 4.78 is 38.7. The molecule has 1 atom stereocenters. The number of aromatic nitrogens is 1. The molecule has 0 radical (unpaired) electrons. The van der Waals surface area contributed by atoms with Gasteiger partial charge >= 0.3 is 6.18 Å². The Hall–Kier alpha value is -1.40. The molecule has 0 aliphatic rings. The minimum Gasteiger partial charge on any atom is -0.392 e. The molecule has 2 rings (SSSR count). The summed E-state index contributed by atoms with van der Waals surface area (Å²) in [6, 6.07) is 8.58. The summed E-state index contributed by atoms with van der Waals surface area (Å²) >= 11 is 3.26. The summed E-state index contributed by atoms with van der Waals surface area (Å²) in [5, 5.41) is 9.99. The second-order valence-corrected chi connectivity index (χ2v) is 5.64. The molecular formula is C15H13BrF3NO. The zero-order chi connectivity index (χ0) is 15.5. The van der Waals surface area contributed by atoms with Gasteiger partial charge < -0.3 is 5.11 Å². The molecular weight excluding hydrogens is 347 g/mol. The molecule has 1 aromatic carbocycles. The molecule has 0 fully saturated rings. The number of benzene rings is 1. The summed E-state index contributed by atoms with van der Waals surface area (Å²) in [6.45, 7) is 0. The lowest BCUT2D eigenvalue weighted by Crippen LogP contribution is -2.15. The van der Waals surface area contributed by atoms with Gasteiger partial charge in [0.15, 0.2) is 0 Å². The van der Waals surface area contributed by atoms with E-state index in [1.807, 2.05) is 0 Å². The van der Waals surface area contributed by atoms with E-state index in [9.17, 15) is 18.3 Å². The van der Waals surface area contributed by atoms with Crippen molar-refractivity contribution in [1.29, 1.82) is 0 Å². The van der Waals surface area contributed by atoms with E-state index in [0.717, 1.165) is 16.6 Å². The topological polar surface area (TPSA) is 33.1 Å². The summed E-state index contributed by atoms with van der Waals surface area (Å²) in [7, 11) is 0. The van der Waals surface area contributed by atoms with E-state index in [-0.39, 0.29) is 6.42 Å². The summed E-state index contributed by atoms with van der Waals surface area (Å²) in [4.78, 5) is 4.13. The highest BCUT2D eigenvalue weighted by atomic mass is 79.9. The van der Waals surface area contributed by atoms with Gasteiger partial charge in [0.2, 0.25) is 0 Å². The number of alkyl halides is 3. The third-order valence-corrected chi connectivity index (χ3v) is 3.43. The third kappa shape index (κ3) is 4.82. The zero-order valence-electron chi connectivity index (χ0n) is 10.9. The largest absolute Gasteiger partial charge is 0.416 e. The second-order valence-electron chi connectivity index (χ2n) is 4.73. The van der Waals surface area contributed by atoms with Crippen molar-refractivity contribution in [3.63, 3.8) is 0 Å². The van der Waals surface area contributed by atoms with E-state index in [2.05, 4.69) is 20.9 Å². The minimum atomic E-state index is -4.37. The standard InChI is InChI=1S/C15H13BrF3NO/c16-12-4-5-13(20-9-12)8-14(21)7-10-2-1-3-11(6-10)15(17,18)19/h1-6,9,14,21H,7-8H2. The molecule has 2 nitrogen and oxygen atoms in total. The Kier molecular flexibility index (Phi) is 5.00. The van der Waals surface area contributed by atoms with Gasteiger partial charge in [0, 0.05) is 22.8 Å². The Morgan fingerprint density at radius 1 is 1.14 bits per heavy atom. The molecule has 0 saturated heterocycles. The average Bonchev–Trinajstić information content (AvgIpc) is 2.41. The minimum absolute atomic E-state index is 0.154. The van der Waals surface area contributed by atoms with Crippen molar-refractivity contribution in [3.05, 3.63) is 63.9 Å². The highest BCUT2D eigenvalue weighted by Crippen LogP contribution is 2.29. The molecule has 1 N–H and O–H groups in total. The molecule has 6 heteroatoms. The molecule has 1 unspecified atom stereocenters. The van der Waals surface area contributed by atoms with Crippen LogP contribution >= 0.6 is 15.9 Å². The first kappa shape index (κ1) is 16.0. The Morgan fingerprint density at radius 2 is 1.90 bits per heavy atom. The fourth-order valence-corrected chi connectivity index (χ4v) is 2.22. The van der Waals surface area contributed by atoms with Crippen LogP contribution in [0.3, 0.4) is 0 Å². The number of rotatable bonds is 4. The van der Waals surface area contributed by atoms with Crippen LogP contribution in [0.1, 0.15) is 16.8 Å².